The maximum atomic E-state index is 11.6. The second kappa shape index (κ2) is 5.77. The molecule has 0 fully saturated rings. The van der Waals surface area contributed by atoms with Crippen LogP contribution in [0.2, 0.25) is 0 Å². The van der Waals surface area contributed by atoms with E-state index in [1.54, 1.807) is 0 Å². The molecule has 0 radical (unpaired) electrons. The van der Waals surface area contributed by atoms with Crippen molar-refractivity contribution in [3.05, 3.63) is 23.0 Å². The number of carbonyl (C=O) groups excluding carboxylic acids is 1. The molecule has 0 aliphatic carbocycles. The fraction of sp³-hybridized carbons (Fsp3) is 0.333. The first kappa shape index (κ1) is 13.6. The Kier molecular flexibility index (Phi) is 4.38. The van der Waals surface area contributed by atoms with Crippen LogP contribution in [0.3, 0.4) is 0 Å². The molecular formula is C12H13NO5. The van der Waals surface area contributed by atoms with E-state index in [4.69, 9.17) is 20.8 Å². The largest absolute Gasteiger partial charge is 0.504 e. The zero-order chi connectivity index (χ0) is 13.7. The molecule has 6 nitrogen and oxygen atoms in total. The third kappa shape index (κ3) is 2.15. The van der Waals surface area contributed by atoms with Crippen LogP contribution in [-0.2, 0) is 4.74 Å². The van der Waals surface area contributed by atoms with Crippen molar-refractivity contribution >= 4 is 11.7 Å². The van der Waals surface area contributed by atoms with Crippen molar-refractivity contribution < 1.29 is 23.7 Å². The van der Waals surface area contributed by atoms with Gasteiger partial charge in [0.15, 0.2) is 17.2 Å². The first-order chi connectivity index (χ1) is 8.64. The fourth-order valence-electron chi connectivity index (χ4n) is 1.52. The molecule has 0 aliphatic rings. The number of rotatable bonds is 4. The molecule has 1 rings (SSSR count). The monoisotopic (exact) mass is 251 g/mol. The van der Waals surface area contributed by atoms with Crippen LogP contribution >= 0.6 is 0 Å². The second-order valence-electron chi connectivity index (χ2n) is 3.14. The lowest BCUT2D eigenvalue weighted by Gasteiger charge is -2.15. The normalized spacial score (nSPS) is 9.28. The van der Waals surface area contributed by atoms with E-state index < -0.39 is 5.97 Å². The van der Waals surface area contributed by atoms with Gasteiger partial charge in [-0.05, 0) is 6.07 Å². The maximum absolute atomic E-state index is 11.6. The number of nitrogens with zero attached hydrogens (tertiary/aromatic N) is 1. The number of ether oxygens (including phenoxy) is 4. The quantitative estimate of drug-likeness (QED) is 0.605. The Labute approximate surface area is 105 Å². The van der Waals surface area contributed by atoms with E-state index >= 15 is 0 Å². The lowest BCUT2D eigenvalue weighted by Crippen LogP contribution is -2.04. The highest BCUT2D eigenvalue weighted by Gasteiger charge is 2.24. The Hall–Kier alpha value is -2.42. The minimum absolute atomic E-state index is 0.0296. The molecule has 0 N–H and O–H groups in total. The zero-order valence-corrected chi connectivity index (χ0v) is 10.6. The molecule has 0 saturated heterocycles. The van der Waals surface area contributed by atoms with Crippen LogP contribution < -0.4 is 14.2 Å². The third-order valence-electron chi connectivity index (χ3n) is 2.32. The molecule has 0 saturated carbocycles. The Morgan fingerprint density at radius 3 is 2.11 bits per heavy atom. The van der Waals surface area contributed by atoms with Gasteiger partial charge in [-0.15, -0.1) is 0 Å². The lowest BCUT2D eigenvalue weighted by atomic mass is 10.1. The standard InChI is InChI=1S/C12H13NO5/c1-13-9-7(12(14)18-5)6-8(15-2)10(16-3)11(9)17-4/h6H,2-5H3. The number of benzene rings is 1. The molecule has 0 unspecified atom stereocenters. The van der Waals surface area contributed by atoms with Crippen molar-refractivity contribution in [3.8, 4) is 17.2 Å². The molecule has 1 aromatic rings. The van der Waals surface area contributed by atoms with Gasteiger partial charge in [0, 0.05) is 0 Å². The van der Waals surface area contributed by atoms with Crippen molar-refractivity contribution in [1.82, 2.24) is 0 Å². The molecule has 0 aliphatic heterocycles. The Morgan fingerprint density at radius 2 is 1.72 bits per heavy atom. The molecule has 0 atom stereocenters. The van der Waals surface area contributed by atoms with E-state index in [2.05, 4.69) is 9.58 Å². The van der Waals surface area contributed by atoms with Crippen molar-refractivity contribution in [3.63, 3.8) is 0 Å². The predicted octanol–water partition coefficient (Wildman–Crippen LogP) is 2.05. The summed E-state index contributed by atoms with van der Waals surface area (Å²) in [6.45, 7) is 7.14. The Balaban J connectivity index is 3.65. The number of carbonyl (C=O) groups is 1. The average Bonchev–Trinajstić information content (AvgIpc) is 2.43. The number of esters is 1. The fourth-order valence-corrected chi connectivity index (χ4v) is 1.52. The average molecular weight is 251 g/mol. The topological polar surface area (TPSA) is 58.4 Å². The SMILES string of the molecule is [C-]#[N+]c1c(C(=O)OC)cc(OC)c(OC)c1OC. The third-order valence-corrected chi connectivity index (χ3v) is 2.32. The summed E-state index contributed by atoms with van der Waals surface area (Å²) in [5, 5.41) is 0. The van der Waals surface area contributed by atoms with Gasteiger partial charge in [0.2, 0.25) is 5.69 Å². The highest BCUT2D eigenvalue weighted by molar-refractivity contribution is 5.99. The van der Waals surface area contributed by atoms with Gasteiger partial charge in [0.25, 0.3) is 0 Å². The van der Waals surface area contributed by atoms with Crippen molar-refractivity contribution in [2.24, 2.45) is 0 Å². The van der Waals surface area contributed by atoms with Crippen LogP contribution in [0.25, 0.3) is 4.85 Å². The highest BCUT2D eigenvalue weighted by Crippen LogP contribution is 2.46. The van der Waals surface area contributed by atoms with Crippen molar-refractivity contribution in [2.45, 2.75) is 0 Å². The predicted molar refractivity (Wildman–Crippen MR) is 63.7 cm³/mol. The molecule has 96 valence electrons. The Bertz CT molecular complexity index is 504. The van der Waals surface area contributed by atoms with Crippen LogP contribution in [0, 0.1) is 6.57 Å². The highest BCUT2D eigenvalue weighted by atomic mass is 16.5. The smallest absolute Gasteiger partial charge is 0.327 e. The van der Waals surface area contributed by atoms with Crippen LogP contribution in [-0.4, -0.2) is 34.4 Å². The molecule has 0 aromatic heterocycles. The van der Waals surface area contributed by atoms with Gasteiger partial charge in [-0.1, -0.05) is 0 Å². The molecular weight excluding hydrogens is 238 g/mol. The molecule has 6 heteroatoms. The van der Waals surface area contributed by atoms with Crippen LogP contribution in [0.15, 0.2) is 6.07 Å². The van der Waals surface area contributed by atoms with E-state index in [1.807, 2.05) is 0 Å². The van der Waals surface area contributed by atoms with E-state index in [0.29, 0.717) is 5.75 Å². The summed E-state index contributed by atoms with van der Waals surface area (Å²) < 4.78 is 19.9. The van der Waals surface area contributed by atoms with Crippen LogP contribution in [0.4, 0.5) is 5.69 Å². The van der Waals surface area contributed by atoms with Gasteiger partial charge in [-0.3, -0.25) is 0 Å². The van der Waals surface area contributed by atoms with Crippen molar-refractivity contribution in [2.75, 3.05) is 28.4 Å². The summed E-state index contributed by atoms with van der Waals surface area (Å²) in [5.74, 6) is 0.0632. The minimum atomic E-state index is -0.639. The lowest BCUT2D eigenvalue weighted by molar-refractivity contribution is 0.0601. The zero-order valence-electron chi connectivity index (χ0n) is 10.6. The van der Waals surface area contributed by atoms with Gasteiger partial charge in [0.1, 0.15) is 0 Å². The number of hydrogen-bond acceptors (Lipinski definition) is 5. The van der Waals surface area contributed by atoms with Crippen molar-refractivity contribution in [1.29, 1.82) is 0 Å². The first-order valence-electron chi connectivity index (χ1n) is 4.93. The van der Waals surface area contributed by atoms with Gasteiger partial charge in [-0.25, -0.2) is 9.64 Å². The summed E-state index contributed by atoms with van der Waals surface area (Å²) in [7, 11) is 5.47. The van der Waals surface area contributed by atoms with Gasteiger partial charge >= 0.3 is 5.97 Å². The summed E-state index contributed by atoms with van der Waals surface area (Å²) in [6, 6.07) is 1.39. The van der Waals surface area contributed by atoms with Gasteiger partial charge in [0.05, 0.1) is 40.6 Å². The molecule has 0 heterocycles. The summed E-state index contributed by atoms with van der Waals surface area (Å²) in [4.78, 5) is 14.9. The molecule has 1 aromatic carbocycles. The minimum Gasteiger partial charge on any atom is -0.504 e. The second-order valence-corrected chi connectivity index (χ2v) is 3.14. The first-order valence-corrected chi connectivity index (χ1v) is 4.93. The van der Waals surface area contributed by atoms with Gasteiger partial charge in [-0.2, -0.15) is 0 Å². The van der Waals surface area contributed by atoms with E-state index in [1.165, 1.54) is 34.5 Å². The van der Waals surface area contributed by atoms with E-state index in [9.17, 15) is 4.79 Å². The van der Waals surface area contributed by atoms with Gasteiger partial charge < -0.3 is 18.9 Å². The number of hydrogen-bond donors (Lipinski definition) is 0. The maximum Gasteiger partial charge on any atom is 0.327 e. The van der Waals surface area contributed by atoms with E-state index in [-0.39, 0.29) is 22.7 Å². The summed E-state index contributed by atoms with van der Waals surface area (Å²) in [5.41, 5.74) is 0.101. The summed E-state index contributed by atoms with van der Waals surface area (Å²) >= 11 is 0. The van der Waals surface area contributed by atoms with Crippen LogP contribution in [0.5, 0.6) is 17.2 Å². The number of methoxy groups -OCH3 is 4. The molecule has 0 spiro atoms. The van der Waals surface area contributed by atoms with E-state index in [0.717, 1.165) is 0 Å². The summed E-state index contributed by atoms with van der Waals surface area (Å²) in [6.07, 6.45) is 0. The van der Waals surface area contributed by atoms with Crippen LogP contribution in [0.1, 0.15) is 10.4 Å². The molecule has 18 heavy (non-hydrogen) atoms. The Morgan fingerprint density at radius 1 is 1.11 bits per heavy atom. The molecule has 0 amide bonds. The molecule has 0 bridgehead atoms.